The second-order valence-corrected chi connectivity index (χ2v) is 12.0. The van der Waals surface area contributed by atoms with Crippen molar-refractivity contribution in [1.82, 2.24) is 9.13 Å². The second-order valence-electron chi connectivity index (χ2n) is 12.0. The van der Waals surface area contributed by atoms with Crippen LogP contribution in [0.1, 0.15) is 11.1 Å². The summed E-state index contributed by atoms with van der Waals surface area (Å²) in [7, 11) is 0. The molecule has 0 saturated heterocycles. The Morgan fingerprint density at radius 1 is 0.354 bits per heavy atom. The Balaban J connectivity index is 1.04. The molecule has 6 aromatic carbocycles. The fourth-order valence-electron chi connectivity index (χ4n) is 7.34. The van der Waals surface area contributed by atoms with Crippen LogP contribution in [0.3, 0.4) is 0 Å². The lowest BCUT2D eigenvalue weighted by molar-refractivity contribution is -0.131. The first-order valence-electron chi connectivity index (χ1n) is 15.8. The summed E-state index contributed by atoms with van der Waals surface area (Å²) in [6.45, 7) is 0. The summed E-state index contributed by atoms with van der Waals surface area (Å²) < 4.78 is 15.9. The van der Waals surface area contributed by atoms with Crippen molar-refractivity contribution in [2.45, 2.75) is 0 Å². The van der Waals surface area contributed by atoms with Crippen molar-refractivity contribution in [1.29, 1.82) is 0 Å². The molecular formula is C42H24N2O4. The summed E-state index contributed by atoms with van der Waals surface area (Å²) in [4.78, 5) is 26.6. The molecule has 6 nitrogen and oxygen atoms in total. The molecule has 0 aliphatic carbocycles. The molecule has 0 radical (unpaired) electrons. The fourth-order valence-corrected chi connectivity index (χ4v) is 7.34. The Kier molecular flexibility index (Phi) is 5.49. The summed E-state index contributed by atoms with van der Waals surface area (Å²) in [5, 5.41) is 4.69. The van der Waals surface area contributed by atoms with Crippen molar-refractivity contribution >= 4 is 67.1 Å². The number of rotatable bonds is 4. The Hall–Kier alpha value is -6.66. The van der Waals surface area contributed by atoms with E-state index in [2.05, 4.69) is 57.7 Å². The number of para-hydroxylation sites is 4. The summed E-state index contributed by atoms with van der Waals surface area (Å²) in [6, 6.07) is 48.7. The minimum atomic E-state index is -0.598. The predicted octanol–water partition coefficient (Wildman–Crippen LogP) is 9.12. The lowest BCUT2D eigenvalue weighted by Gasteiger charge is -2.10. The molecule has 226 valence electrons. The highest BCUT2D eigenvalue weighted by molar-refractivity contribution is 6.24. The number of aromatic nitrogens is 2. The first kappa shape index (κ1) is 26.5. The molecule has 0 atom stereocenters. The maximum absolute atomic E-state index is 13.3. The van der Waals surface area contributed by atoms with Gasteiger partial charge < -0.3 is 18.6 Å². The quantitative estimate of drug-likeness (QED) is 0.184. The predicted molar refractivity (Wildman–Crippen MR) is 188 cm³/mol. The van der Waals surface area contributed by atoms with Crippen LogP contribution in [-0.2, 0) is 19.1 Å². The van der Waals surface area contributed by atoms with Gasteiger partial charge in [-0.25, -0.2) is 9.59 Å². The van der Waals surface area contributed by atoms with Crippen LogP contribution < -0.4 is 0 Å². The Morgan fingerprint density at radius 2 is 0.646 bits per heavy atom. The van der Waals surface area contributed by atoms with Crippen LogP contribution in [-0.4, -0.2) is 21.1 Å². The van der Waals surface area contributed by atoms with Gasteiger partial charge in [-0.2, -0.15) is 0 Å². The molecule has 4 heterocycles. The van der Waals surface area contributed by atoms with E-state index < -0.39 is 11.9 Å². The Bertz CT molecular complexity index is 2440. The normalized spacial score (nSPS) is 14.5. The van der Waals surface area contributed by atoms with Gasteiger partial charge in [-0.1, -0.05) is 72.8 Å². The molecule has 0 saturated carbocycles. The molecule has 0 N–H and O–H groups in total. The first-order valence-corrected chi connectivity index (χ1v) is 15.8. The van der Waals surface area contributed by atoms with Gasteiger partial charge in [0.1, 0.15) is 11.1 Å². The Labute approximate surface area is 274 Å². The summed E-state index contributed by atoms with van der Waals surface area (Å²) >= 11 is 0. The van der Waals surface area contributed by atoms with E-state index in [-0.39, 0.29) is 22.7 Å². The lowest BCUT2D eigenvalue weighted by Crippen LogP contribution is -2.02. The zero-order valence-electron chi connectivity index (χ0n) is 25.4. The van der Waals surface area contributed by atoms with Crippen molar-refractivity contribution in [3.05, 3.63) is 168 Å². The molecule has 2 aliphatic rings. The van der Waals surface area contributed by atoms with Crippen LogP contribution in [0.5, 0.6) is 0 Å². The number of carbonyl (C=O) groups excluding carboxylic acids is 2. The van der Waals surface area contributed by atoms with Crippen LogP contribution in [0.2, 0.25) is 0 Å². The molecule has 0 spiro atoms. The molecule has 0 bridgehead atoms. The van der Waals surface area contributed by atoms with Crippen LogP contribution in [0.15, 0.2) is 157 Å². The molecule has 0 amide bonds. The van der Waals surface area contributed by atoms with Gasteiger partial charge in [0, 0.05) is 44.0 Å². The van der Waals surface area contributed by atoms with Crippen LogP contribution in [0, 0.1) is 0 Å². The second kappa shape index (κ2) is 9.92. The van der Waals surface area contributed by atoms with E-state index in [1.165, 1.54) is 21.5 Å². The minimum absolute atomic E-state index is 0.158. The smallest absolute Gasteiger partial charge is 0.348 e. The largest absolute Gasteiger partial charge is 0.421 e. The summed E-state index contributed by atoms with van der Waals surface area (Å²) in [5.74, 6) is -0.769. The maximum atomic E-state index is 13.3. The molecule has 0 fully saturated rings. The molecule has 48 heavy (non-hydrogen) atoms. The number of nitrogens with zero attached hydrogens (tertiary/aromatic N) is 2. The Morgan fingerprint density at radius 3 is 0.958 bits per heavy atom. The zero-order chi connectivity index (χ0) is 31.9. The number of fused-ring (bicyclic) bond motifs is 7. The molecule has 10 rings (SSSR count). The molecular weight excluding hydrogens is 596 g/mol. The van der Waals surface area contributed by atoms with Crippen LogP contribution in [0.25, 0.3) is 66.5 Å². The maximum Gasteiger partial charge on any atom is 0.348 e. The third kappa shape index (κ3) is 3.68. The molecule has 6 heteroatoms. The summed E-state index contributed by atoms with van der Waals surface area (Å²) in [6.07, 6.45) is 0. The van der Waals surface area contributed by atoms with Gasteiger partial charge in [-0.05, 0) is 72.8 Å². The monoisotopic (exact) mass is 620 g/mol. The van der Waals surface area contributed by atoms with Gasteiger partial charge >= 0.3 is 11.9 Å². The van der Waals surface area contributed by atoms with E-state index in [0.29, 0.717) is 11.1 Å². The average molecular weight is 621 g/mol. The highest BCUT2D eigenvalue weighted by atomic mass is 16.6. The van der Waals surface area contributed by atoms with E-state index in [1.807, 2.05) is 97.1 Å². The molecule has 2 aliphatic heterocycles. The lowest BCUT2D eigenvalue weighted by atomic mass is 10.0. The van der Waals surface area contributed by atoms with E-state index in [0.717, 1.165) is 33.4 Å². The highest BCUT2D eigenvalue weighted by Gasteiger charge is 2.45. The SMILES string of the molecule is O=C1OC(c2ccc(-n3c4ccccc4c4ccccc43)cc2)=C2C(=O)OC(c3ccc(-n4c5ccccc5c5ccccc54)cc3)=C12. The van der Waals surface area contributed by atoms with Crippen molar-refractivity contribution < 1.29 is 19.1 Å². The zero-order valence-corrected chi connectivity index (χ0v) is 25.4. The van der Waals surface area contributed by atoms with Crippen LogP contribution in [0.4, 0.5) is 0 Å². The molecule has 0 unspecified atom stereocenters. The highest BCUT2D eigenvalue weighted by Crippen LogP contribution is 2.44. The minimum Gasteiger partial charge on any atom is -0.421 e. The van der Waals surface area contributed by atoms with E-state index in [9.17, 15) is 9.59 Å². The van der Waals surface area contributed by atoms with Gasteiger partial charge in [0.15, 0.2) is 11.5 Å². The van der Waals surface area contributed by atoms with Gasteiger partial charge in [-0.15, -0.1) is 0 Å². The number of cyclic esters (lactones) is 2. The topological polar surface area (TPSA) is 62.5 Å². The number of esters is 2. The standard InChI is InChI=1S/C42H24N2O4/c45-41-37-38(40(48-41)26-19-23-28(24-20-26)44-35-15-7-3-11-31(35)32-12-4-8-16-36(32)44)42(46)47-39(37)25-17-21-27(22-18-25)43-33-13-5-1-9-29(33)30-10-2-6-14-34(30)43/h1-24H. The van der Waals surface area contributed by atoms with Gasteiger partial charge in [0.05, 0.1) is 22.1 Å². The van der Waals surface area contributed by atoms with Gasteiger partial charge in [-0.3, -0.25) is 0 Å². The van der Waals surface area contributed by atoms with E-state index in [4.69, 9.17) is 9.47 Å². The van der Waals surface area contributed by atoms with Gasteiger partial charge in [0.2, 0.25) is 0 Å². The van der Waals surface area contributed by atoms with Crippen molar-refractivity contribution in [2.75, 3.05) is 0 Å². The fraction of sp³-hybridized carbons (Fsp3) is 0. The molecule has 8 aromatic rings. The number of carbonyl (C=O) groups is 2. The van der Waals surface area contributed by atoms with E-state index >= 15 is 0 Å². The third-order valence-corrected chi connectivity index (χ3v) is 9.44. The number of benzene rings is 6. The average Bonchev–Trinajstić information content (AvgIpc) is 3.87. The van der Waals surface area contributed by atoms with Crippen molar-refractivity contribution in [2.24, 2.45) is 0 Å². The van der Waals surface area contributed by atoms with Crippen LogP contribution >= 0.6 is 0 Å². The first-order chi connectivity index (χ1) is 23.7. The number of hydrogen-bond acceptors (Lipinski definition) is 4. The summed E-state index contributed by atoms with van der Waals surface area (Å²) in [5.41, 5.74) is 7.86. The molecule has 2 aromatic heterocycles. The van der Waals surface area contributed by atoms with Gasteiger partial charge in [0.25, 0.3) is 0 Å². The van der Waals surface area contributed by atoms with Crippen molar-refractivity contribution in [3.63, 3.8) is 0 Å². The third-order valence-electron chi connectivity index (χ3n) is 9.44. The number of ether oxygens (including phenoxy) is 2. The van der Waals surface area contributed by atoms with E-state index in [1.54, 1.807) is 0 Å². The number of hydrogen-bond donors (Lipinski definition) is 0. The van der Waals surface area contributed by atoms with Crippen molar-refractivity contribution in [3.8, 4) is 11.4 Å².